The van der Waals surface area contributed by atoms with Gasteiger partial charge >= 0.3 is 0 Å². The number of anilines is 1. The Labute approximate surface area is 136 Å². The summed E-state index contributed by atoms with van der Waals surface area (Å²) in [4.78, 5) is 16.2. The molecule has 21 heavy (non-hydrogen) atoms. The summed E-state index contributed by atoms with van der Waals surface area (Å²) < 4.78 is 0.627. The predicted octanol–water partition coefficient (Wildman–Crippen LogP) is 3.77. The van der Waals surface area contributed by atoms with Crippen LogP contribution in [0.25, 0.3) is 0 Å². The van der Waals surface area contributed by atoms with E-state index in [1.165, 1.54) is 6.20 Å². The molecule has 6 heteroatoms. The molecular weight excluding hydrogens is 354 g/mol. The van der Waals surface area contributed by atoms with Gasteiger partial charge in [0.1, 0.15) is 5.15 Å². The lowest BCUT2D eigenvalue weighted by atomic mass is 9.94. The van der Waals surface area contributed by atoms with Crippen LogP contribution in [0.15, 0.2) is 47.1 Å². The molecule has 2 atom stereocenters. The van der Waals surface area contributed by atoms with Crippen LogP contribution >= 0.6 is 27.5 Å². The Morgan fingerprint density at radius 1 is 1.38 bits per heavy atom. The number of hydrogen-bond donors (Lipinski definition) is 2. The zero-order valence-corrected chi connectivity index (χ0v) is 13.7. The standard InChI is InChI=1S/C15H15BrClN3O/c1-9(13(18)10-5-3-2-4-6-10)15(21)20-11-7-12(16)14(17)19-8-11/h2-9,13H,18H2,1H3,(H,20,21). The molecule has 2 rings (SSSR count). The van der Waals surface area contributed by atoms with E-state index in [1.54, 1.807) is 13.0 Å². The van der Waals surface area contributed by atoms with Crippen molar-refractivity contribution in [2.45, 2.75) is 13.0 Å². The van der Waals surface area contributed by atoms with Crippen molar-refractivity contribution in [3.05, 3.63) is 57.8 Å². The molecule has 1 heterocycles. The topological polar surface area (TPSA) is 68.0 Å². The van der Waals surface area contributed by atoms with Crippen molar-refractivity contribution >= 4 is 39.1 Å². The quantitative estimate of drug-likeness (QED) is 0.807. The predicted molar refractivity (Wildman–Crippen MR) is 88.1 cm³/mol. The molecular formula is C15H15BrClN3O. The number of aromatic nitrogens is 1. The molecule has 1 amide bonds. The molecule has 1 aromatic heterocycles. The number of benzene rings is 1. The smallest absolute Gasteiger partial charge is 0.229 e. The van der Waals surface area contributed by atoms with Crippen molar-refractivity contribution in [2.24, 2.45) is 11.7 Å². The lowest BCUT2D eigenvalue weighted by Crippen LogP contribution is -2.30. The van der Waals surface area contributed by atoms with Gasteiger partial charge in [0.2, 0.25) is 5.91 Å². The number of carbonyl (C=O) groups is 1. The van der Waals surface area contributed by atoms with Crippen LogP contribution < -0.4 is 11.1 Å². The maximum absolute atomic E-state index is 12.3. The van der Waals surface area contributed by atoms with Crippen molar-refractivity contribution in [1.29, 1.82) is 0 Å². The second-order valence-electron chi connectivity index (χ2n) is 4.71. The molecule has 0 radical (unpaired) electrons. The highest BCUT2D eigenvalue weighted by atomic mass is 79.9. The Bertz CT molecular complexity index is 636. The number of nitrogens with two attached hydrogens (primary N) is 1. The fraction of sp³-hybridized carbons (Fsp3) is 0.200. The van der Waals surface area contributed by atoms with Crippen LogP contribution in [0.4, 0.5) is 5.69 Å². The van der Waals surface area contributed by atoms with Crippen LogP contribution in [0.1, 0.15) is 18.5 Å². The number of rotatable bonds is 4. The molecule has 0 fully saturated rings. The number of pyridine rings is 1. The van der Waals surface area contributed by atoms with E-state index in [4.69, 9.17) is 17.3 Å². The molecule has 0 saturated heterocycles. The maximum atomic E-state index is 12.3. The van der Waals surface area contributed by atoms with Crippen molar-refractivity contribution in [3.63, 3.8) is 0 Å². The van der Waals surface area contributed by atoms with Gasteiger partial charge in [-0.25, -0.2) is 4.98 Å². The SMILES string of the molecule is CC(C(=O)Nc1cnc(Cl)c(Br)c1)C(N)c1ccccc1. The van der Waals surface area contributed by atoms with Gasteiger partial charge in [0, 0.05) is 6.04 Å². The molecule has 110 valence electrons. The Hall–Kier alpha value is -1.43. The van der Waals surface area contributed by atoms with Gasteiger partial charge in [-0.3, -0.25) is 4.79 Å². The van der Waals surface area contributed by atoms with Crippen molar-refractivity contribution in [3.8, 4) is 0 Å². The number of amides is 1. The van der Waals surface area contributed by atoms with Gasteiger partial charge in [-0.05, 0) is 27.6 Å². The third-order valence-electron chi connectivity index (χ3n) is 3.20. The lowest BCUT2D eigenvalue weighted by Gasteiger charge is -2.19. The second kappa shape index (κ2) is 7.02. The fourth-order valence-corrected chi connectivity index (χ4v) is 2.33. The Morgan fingerprint density at radius 3 is 2.67 bits per heavy atom. The summed E-state index contributed by atoms with van der Waals surface area (Å²) in [6.45, 7) is 1.80. The van der Waals surface area contributed by atoms with E-state index >= 15 is 0 Å². The lowest BCUT2D eigenvalue weighted by molar-refractivity contribution is -0.120. The molecule has 3 N–H and O–H groups in total. The van der Waals surface area contributed by atoms with Gasteiger partial charge in [0.15, 0.2) is 0 Å². The second-order valence-corrected chi connectivity index (χ2v) is 5.92. The van der Waals surface area contributed by atoms with Crippen molar-refractivity contribution in [2.75, 3.05) is 5.32 Å². The largest absolute Gasteiger partial charge is 0.324 e. The van der Waals surface area contributed by atoms with Crippen LogP contribution in [0.2, 0.25) is 5.15 Å². The number of hydrogen-bond acceptors (Lipinski definition) is 3. The van der Waals surface area contributed by atoms with E-state index in [9.17, 15) is 4.79 Å². The van der Waals surface area contributed by atoms with Gasteiger partial charge in [0.05, 0.1) is 22.3 Å². The zero-order chi connectivity index (χ0) is 15.4. The normalized spacial score (nSPS) is 13.5. The molecule has 0 aliphatic heterocycles. The summed E-state index contributed by atoms with van der Waals surface area (Å²) in [5, 5.41) is 3.14. The molecule has 0 aliphatic rings. The van der Waals surface area contributed by atoms with Gasteiger partial charge in [-0.2, -0.15) is 0 Å². The average Bonchev–Trinajstić information content (AvgIpc) is 2.50. The third-order valence-corrected chi connectivity index (χ3v) is 4.33. The summed E-state index contributed by atoms with van der Waals surface area (Å²) in [6.07, 6.45) is 1.51. The van der Waals surface area contributed by atoms with Gasteiger partial charge in [-0.1, -0.05) is 48.9 Å². The summed E-state index contributed by atoms with van der Waals surface area (Å²) in [5.41, 5.74) is 7.64. The highest BCUT2D eigenvalue weighted by Gasteiger charge is 2.22. The first-order chi connectivity index (χ1) is 9.99. The first-order valence-corrected chi connectivity index (χ1v) is 7.58. The Kier molecular flexibility index (Phi) is 5.33. The maximum Gasteiger partial charge on any atom is 0.229 e. The van der Waals surface area contributed by atoms with Gasteiger partial charge in [0.25, 0.3) is 0 Å². The van der Waals surface area contributed by atoms with E-state index in [-0.39, 0.29) is 17.9 Å². The van der Waals surface area contributed by atoms with E-state index in [1.807, 2.05) is 30.3 Å². The Balaban J connectivity index is 2.07. The molecule has 0 aliphatic carbocycles. The summed E-state index contributed by atoms with van der Waals surface area (Å²) >= 11 is 9.09. The fourth-order valence-electron chi connectivity index (χ4n) is 1.87. The molecule has 0 bridgehead atoms. The molecule has 2 aromatic rings. The van der Waals surface area contributed by atoms with Gasteiger partial charge in [-0.15, -0.1) is 0 Å². The highest BCUT2D eigenvalue weighted by molar-refractivity contribution is 9.10. The minimum absolute atomic E-state index is 0.164. The number of halogens is 2. The van der Waals surface area contributed by atoms with Crippen molar-refractivity contribution < 1.29 is 4.79 Å². The number of nitrogens with zero attached hydrogens (tertiary/aromatic N) is 1. The zero-order valence-electron chi connectivity index (χ0n) is 11.4. The molecule has 0 saturated carbocycles. The van der Waals surface area contributed by atoms with Crippen LogP contribution in [-0.2, 0) is 4.79 Å². The minimum Gasteiger partial charge on any atom is -0.324 e. The van der Waals surface area contributed by atoms with E-state index in [0.717, 1.165) is 5.56 Å². The van der Waals surface area contributed by atoms with Crippen LogP contribution in [0.3, 0.4) is 0 Å². The average molecular weight is 369 g/mol. The summed E-state index contributed by atoms with van der Waals surface area (Å²) in [5.74, 6) is -0.538. The minimum atomic E-state index is -0.373. The molecule has 4 nitrogen and oxygen atoms in total. The highest BCUT2D eigenvalue weighted by Crippen LogP contribution is 2.24. The van der Waals surface area contributed by atoms with E-state index < -0.39 is 0 Å². The first kappa shape index (κ1) is 15.9. The van der Waals surface area contributed by atoms with E-state index in [0.29, 0.717) is 15.3 Å². The van der Waals surface area contributed by atoms with Crippen LogP contribution in [0.5, 0.6) is 0 Å². The first-order valence-electron chi connectivity index (χ1n) is 6.41. The molecule has 0 spiro atoms. The molecule has 2 unspecified atom stereocenters. The summed E-state index contributed by atoms with van der Waals surface area (Å²) in [7, 11) is 0. The summed E-state index contributed by atoms with van der Waals surface area (Å²) in [6, 6.07) is 10.9. The Morgan fingerprint density at radius 2 is 2.05 bits per heavy atom. The van der Waals surface area contributed by atoms with E-state index in [2.05, 4.69) is 26.2 Å². The monoisotopic (exact) mass is 367 g/mol. The number of carbonyl (C=O) groups excluding carboxylic acids is 1. The van der Waals surface area contributed by atoms with Gasteiger partial charge < -0.3 is 11.1 Å². The van der Waals surface area contributed by atoms with Crippen LogP contribution in [0, 0.1) is 5.92 Å². The van der Waals surface area contributed by atoms with Crippen molar-refractivity contribution in [1.82, 2.24) is 4.98 Å². The van der Waals surface area contributed by atoms with Crippen LogP contribution in [-0.4, -0.2) is 10.9 Å². The number of nitrogens with one attached hydrogen (secondary N) is 1. The third kappa shape index (κ3) is 4.03. The molecule has 1 aromatic carbocycles.